The summed E-state index contributed by atoms with van der Waals surface area (Å²) in [7, 11) is 1.53. The summed E-state index contributed by atoms with van der Waals surface area (Å²) < 4.78 is 4.78. The van der Waals surface area contributed by atoms with Gasteiger partial charge in [0.2, 0.25) is 0 Å². The second kappa shape index (κ2) is 5.38. The fourth-order valence-corrected chi connectivity index (χ4v) is 1.06. The number of nitrogens with zero attached hydrogens (tertiary/aromatic N) is 1. The second-order valence-electron chi connectivity index (χ2n) is 3.16. The molecule has 1 aromatic rings. The zero-order chi connectivity index (χ0) is 11.3. The van der Waals surface area contributed by atoms with Gasteiger partial charge in [-0.05, 0) is 12.1 Å². The summed E-state index contributed by atoms with van der Waals surface area (Å²) in [4.78, 5) is 3.99. The Bertz CT molecular complexity index is 319. The van der Waals surface area contributed by atoms with E-state index in [4.69, 9.17) is 16.2 Å². The Labute approximate surface area is 88.2 Å². The minimum Gasteiger partial charge on any atom is -0.396 e. The number of aliphatic hydroxyl groups excluding tert-OH is 1. The number of methoxy groups -OCH3 is 1. The lowest BCUT2D eigenvalue weighted by molar-refractivity contribution is 0.0727. The Morgan fingerprint density at radius 1 is 1.53 bits per heavy atom. The Morgan fingerprint density at radius 3 is 2.87 bits per heavy atom. The minimum absolute atomic E-state index is 0.275. The van der Waals surface area contributed by atoms with E-state index >= 15 is 0 Å². The SMILES string of the molecule is COCC(O)CNc1ccc(N)c(N)n1. The van der Waals surface area contributed by atoms with E-state index in [0.717, 1.165) is 0 Å². The monoisotopic (exact) mass is 212 g/mol. The molecule has 0 bridgehead atoms. The number of hydrogen-bond acceptors (Lipinski definition) is 6. The highest BCUT2D eigenvalue weighted by Gasteiger charge is 2.04. The molecule has 0 aliphatic rings. The first-order valence-electron chi connectivity index (χ1n) is 4.56. The molecule has 0 saturated carbocycles. The number of nitrogens with two attached hydrogens (primary N) is 2. The van der Waals surface area contributed by atoms with E-state index < -0.39 is 6.10 Å². The summed E-state index contributed by atoms with van der Waals surface area (Å²) in [6.45, 7) is 0.627. The lowest BCUT2D eigenvalue weighted by atomic mass is 10.3. The van der Waals surface area contributed by atoms with Crippen molar-refractivity contribution in [2.45, 2.75) is 6.10 Å². The Hall–Kier alpha value is -1.53. The van der Waals surface area contributed by atoms with Crippen LogP contribution in [0.1, 0.15) is 0 Å². The van der Waals surface area contributed by atoms with Crippen LogP contribution in [0.2, 0.25) is 0 Å². The largest absolute Gasteiger partial charge is 0.396 e. The van der Waals surface area contributed by atoms with Crippen molar-refractivity contribution in [3.8, 4) is 0 Å². The summed E-state index contributed by atoms with van der Waals surface area (Å²) in [6, 6.07) is 3.36. The van der Waals surface area contributed by atoms with Crippen molar-refractivity contribution < 1.29 is 9.84 Å². The van der Waals surface area contributed by atoms with Crippen molar-refractivity contribution in [2.75, 3.05) is 37.0 Å². The Balaban J connectivity index is 2.47. The predicted octanol–water partition coefficient (Wildman–Crippen LogP) is -0.335. The third kappa shape index (κ3) is 3.61. The molecule has 0 saturated heterocycles. The lowest BCUT2D eigenvalue weighted by Crippen LogP contribution is -2.24. The minimum atomic E-state index is -0.574. The molecular weight excluding hydrogens is 196 g/mol. The number of aliphatic hydroxyl groups is 1. The normalized spacial score (nSPS) is 12.4. The Morgan fingerprint density at radius 2 is 2.27 bits per heavy atom. The van der Waals surface area contributed by atoms with Crippen molar-refractivity contribution in [1.82, 2.24) is 4.98 Å². The summed E-state index contributed by atoms with van der Waals surface area (Å²) >= 11 is 0. The van der Waals surface area contributed by atoms with Crippen LogP contribution < -0.4 is 16.8 Å². The first kappa shape index (κ1) is 11.5. The molecule has 84 valence electrons. The zero-order valence-corrected chi connectivity index (χ0v) is 8.60. The van der Waals surface area contributed by atoms with Gasteiger partial charge in [-0.3, -0.25) is 0 Å². The van der Waals surface area contributed by atoms with Crippen molar-refractivity contribution in [1.29, 1.82) is 0 Å². The number of rotatable bonds is 5. The third-order valence-electron chi connectivity index (χ3n) is 1.84. The zero-order valence-electron chi connectivity index (χ0n) is 8.60. The molecule has 0 amide bonds. The number of nitrogens with one attached hydrogen (secondary N) is 1. The number of ether oxygens (including phenoxy) is 1. The van der Waals surface area contributed by atoms with E-state index in [1.165, 1.54) is 7.11 Å². The molecular formula is C9H16N4O2. The maximum absolute atomic E-state index is 9.36. The lowest BCUT2D eigenvalue weighted by Gasteiger charge is -2.11. The fraction of sp³-hybridized carbons (Fsp3) is 0.444. The molecule has 0 radical (unpaired) electrons. The van der Waals surface area contributed by atoms with Gasteiger partial charge in [-0.1, -0.05) is 0 Å². The molecule has 15 heavy (non-hydrogen) atoms. The van der Waals surface area contributed by atoms with Gasteiger partial charge < -0.3 is 26.6 Å². The average Bonchev–Trinajstić information content (AvgIpc) is 2.20. The molecule has 1 aromatic heterocycles. The van der Waals surface area contributed by atoms with Gasteiger partial charge in [-0.25, -0.2) is 4.98 Å². The Kier molecular flexibility index (Phi) is 4.14. The molecule has 0 aliphatic carbocycles. The molecule has 0 aromatic carbocycles. The van der Waals surface area contributed by atoms with Crippen LogP contribution in [0, 0.1) is 0 Å². The van der Waals surface area contributed by atoms with Crippen molar-refractivity contribution >= 4 is 17.3 Å². The van der Waals surface area contributed by atoms with Crippen LogP contribution in [-0.2, 0) is 4.74 Å². The smallest absolute Gasteiger partial charge is 0.149 e. The summed E-state index contributed by atoms with van der Waals surface area (Å²) in [5.74, 6) is 0.859. The molecule has 1 atom stereocenters. The van der Waals surface area contributed by atoms with Gasteiger partial charge in [0.1, 0.15) is 11.6 Å². The van der Waals surface area contributed by atoms with E-state index in [1.807, 2.05) is 0 Å². The van der Waals surface area contributed by atoms with Gasteiger partial charge >= 0.3 is 0 Å². The number of hydrogen-bond donors (Lipinski definition) is 4. The molecule has 0 spiro atoms. The maximum Gasteiger partial charge on any atom is 0.149 e. The van der Waals surface area contributed by atoms with Gasteiger partial charge in [0.05, 0.1) is 18.4 Å². The van der Waals surface area contributed by atoms with Gasteiger partial charge in [-0.2, -0.15) is 0 Å². The van der Waals surface area contributed by atoms with Crippen LogP contribution in [0.4, 0.5) is 17.3 Å². The number of aromatic nitrogens is 1. The van der Waals surface area contributed by atoms with Crippen molar-refractivity contribution in [2.24, 2.45) is 0 Å². The van der Waals surface area contributed by atoms with E-state index in [0.29, 0.717) is 18.1 Å². The highest BCUT2D eigenvalue weighted by atomic mass is 16.5. The molecule has 0 fully saturated rings. The molecule has 1 unspecified atom stereocenters. The van der Waals surface area contributed by atoms with Crippen LogP contribution in [0.15, 0.2) is 12.1 Å². The maximum atomic E-state index is 9.36. The van der Waals surface area contributed by atoms with Crippen molar-refractivity contribution in [3.63, 3.8) is 0 Å². The highest BCUT2D eigenvalue weighted by Crippen LogP contribution is 2.14. The molecule has 6 nitrogen and oxygen atoms in total. The fourth-order valence-electron chi connectivity index (χ4n) is 1.06. The van der Waals surface area contributed by atoms with Crippen LogP contribution in [-0.4, -0.2) is 36.5 Å². The number of pyridine rings is 1. The van der Waals surface area contributed by atoms with Crippen molar-refractivity contribution in [3.05, 3.63) is 12.1 Å². The first-order chi connectivity index (χ1) is 7.13. The van der Waals surface area contributed by atoms with Crippen LogP contribution >= 0.6 is 0 Å². The van der Waals surface area contributed by atoms with Gasteiger partial charge in [0.25, 0.3) is 0 Å². The molecule has 0 aliphatic heterocycles. The van der Waals surface area contributed by atoms with E-state index in [2.05, 4.69) is 10.3 Å². The number of nitrogen functional groups attached to an aromatic ring is 2. The molecule has 6 heteroatoms. The molecule has 1 heterocycles. The second-order valence-corrected chi connectivity index (χ2v) is 3.16. The predicted molar refractivity (Wildman–Crippen MR) is 59.4 cm³/mol. The van der Waals surface area contributed by atoms with E-state index in [9.17, 15) is 5.11 Å². The van der Waals surface area contributed by atoms with Crippen LogP contribution in [0.25, 0.3) is 0 Å². The number of anilines is 3. The summed E-state index contributed by atoms with van der Waals surface area (Å²) in [6.07, 6.45) is -0.574. The topological polar surface area (TPSA) is 106 Å². The highest BCUT2D eigenvalue weighted by molar-refractivity contribution is 5.61. The molecule has 1 rings (SSSR count). The van der Waals surface area contributed by atoms with Crippen LogP contribution in [0.5, 0.6) is 0 Å². The molecule has 6 N–H and O–H groups in total. The average molecular weight is 212 g/mol. The van der Waals surface area contributed by atoms with E-state index in [1.54, 1.807) is 12.1 Å². The van der Waals surface area contributed by atoms with Crippen LogP contribution in [0.3, 0.4) is 0 Å². The van der Waals surface area contributed by atoms with Gasteiger partial charge in [0.15, 0.2) is 0 Å². The first-order valence-corrected chi connectivity index (χ1v) is 4.56. The summed E-state index contributed by atoms with van der Waals surface area (Å²) in [5.41, 5.74) is 11.5. The van der Waals surface area contributed by atoms with Gasteiger partial charge in [0, 0.05) is 13.7 Å². The van der Waals surface area contributed by atoms with E-state index in [-0.39, 0.29) is 12.4 Å². The standard InChI is InChI=1S/C9H16N4O2/c1-15-5-6(14)4-12-8-3-2-7(10)9(11)13-8/h2-3,6,14H,4-5,10H2,1H3,(H3,11,12,13). The third-order valence-corrected chi connectivity index (χ3v) is 1.84. The van der Waals surface area contributed by atoms with Gasteiger partial charge in [-0.15, -0.1) is 0 Å². The quantitative estimate of drug-likeness (QED) is 0.532. The summed E-state index contributed by atoms with van der Waals surface area (Å²) in [5, 5.41) is 12.3.